The van der Waals surface area contributed by atoms with Crippen molar-refractivity contribution in [3.8, 4) is 0 Å². The lowest BCUT2D eigenvalue weighted by Crippen LogP contribution is -2.41. The summed E-state index contributed by atoms with van der Waals surface area (Å²) in [6, 6.07) is -0.0184. The Kier molecular flexibility index (Phi) is 1.72. The van der Waals surface area contributed by atoms with E-state index in [1.54, 1.807) is 0 Å². The number of fused-ring (bicyclic) bond motifs is 1. The van der Waals surface area contributed by atoms with Gasteiger partial charge in [0.15, 0.2) is 0 Å². The zero-order valence-electron chi connectivity index (χ0n) is 7.23. The Morgan fingerprint density at radius 1 is 1.85 bits per heavy atom. The van der Waals surface area contributed by atoms with Gasteiger partial charge >= 0.3 is 6.09 Å². The van der Waals surface area contributed by atoms with Crippen molar-refractivity contribution in [1.29, 1.82) is 0 Å². The molecule has 0 radical (unpaired) electrons. The van der Waals surface area contributed by atoms with Gasteiger partial charge in [0, 0.05) is 18.0 Å². The van der Waals surface area contributed by atoms with Crippen molar-refractivity contribution in [1.82, 2.24) is 10.1 Å². The Labute approximate surface area is 74.9 Å². The van der Waals surface area contributed by atoms with Gasteiger partial charge < -0.3 is 14.5 Å². The molecule has 2 rings (SSSR count). The molecule has 0 saturated carbocycles. The number of carboxylic acid groups (broad SMARTS) is 1. The summed E-state index contributed by atoms with van der Waals surface area (Å²) in [5.41, 5.74) is 1.76. The second-order valence-electron chi connectivity index (χ2n) is 3.25. The van der Waals surface area contributed by atoms with Crippen LogP contribution in [0.3, 0.4) is 0 Å². The SMILES string of the molecule is C[C@H]1Cc2nocc2CN1C(=O)O. The molecule has 2 heterocycles. The molecule has 1 aromatic heterocycles. The molecule has 0 aliphatic carbocycles. The van der Waals surface area contributed by atoms with Crippen molar-refractivity contribution in [3.63, 3.8) is 0 Å². The minimum Gasteiger partial charge on any atom is -0.465 e. The van der Waals surface area contributed by atoms with E-state index < -0.39 is 6.09 Å². The molecule has 1 aromatic rings. The molecule has 0 fully saturated rings. The van der Waals surface area contributed by atoms with E-state index in [0.717, 1.165) is 11.3 Å². The zero-order chi connectivity index (χ0) is 9.42. The second kappa shape index (κ2) is 2.76. The monoisotopic (exact) mass is 182 g/mol. The highest BCUT2D eigenvalue weighted by Gasteiger charge is 2.28. The Bertz CT molecular complexity index is 334. The van der Waals surface area contributed by atoms with Gasteiger partial charge in [-0.25, -0.2) is 4.79 Å². The van der Waals surface area contributed by atoms with Crippen molar-refractivity contribution in [2.45, 2.75) is 25.9 Å². The zero-order valence-corrected chi connectivity index (χ0v) is 7.23. The largest absolute Gasteiger partial charge is 0.465 e. The van der Waals surface area contributed by atoms with Crippen LogP contribution in [0.5, 0.6) is 0 Å². The standard InChI is InChI=1S/C8H10N2O3/c1-5-2-7-6(4-13-9-7)3-10(5)8(11)12/h4-5H,2-3H2,1H3,(H,11,12)/t5-/m0/s1. The number of carbonyl (C=O) groups is 1. The van der Waals surface area contributed by atoms with Crippen LogP contribution in [-0.2, 0) is 13.0 Å². The van der Waals surface area contributed by atoms with Crippen LogP contribution in [0.1, 0.15) is 18.2 Å². The van der Waals surface area contributed by atoms with Crippen LogP contribution >= 0.6 is 0 Å². The fourth-order valence-electron chi connectivity index (χ4n) is 1.56. The Balaban J connectivity index is 2.27. The molecule has 13 heavy (non-hydrogen) atoms. The van der Waals surface area contributed by atoms with E-state index in [-0.39, 0.29) is 6.04 Å². The quantitative estimate of drug-likeness (QED) is 0.652. The van der Waals surface area contributed by atoms with Crippen LogP contribution in [0, 0.1) is 0 Å². The lowest BCUT2D eigenvalue weighted by atomic mass is 10.0. The predicted molar refractivity (Wildman–Crippen MR) is 43.2 cm³/mol. The van der Waals surface area contributed by atoms with Crippen molar-refractivity contribution < 1.29 is 14.4 Å². The van der Waals surface area contributed by atoms with E-state index in [9.17, 15) is 4.79 Å². The molecule has 5 heteroatoms. The first-order valence-electron chi connectivity index (χ1n) is 4.10. The molecule has 70 valence electrons. The number of aromatic nitrogens is 1. The smallest absolute Gasteiger partial charge is 0.407 e. The van der Waals surface area contributed by atoms with Gasteiger partial charge in [0.25, 0.3) is 0 Å². The van der Waals surface area contributed by atoms with Crippen molar-refractivity contribution in [2.75, 3.05) is 0 Å². The lowest BCUT2D eigenvalue weighted by Gasteiger charge is -2.29. The predicted octanol–water partition coefficient (Wildman–Crippen LogP) is 1.10. The Hall–Kier alpha value is -1.52. The van der Waals surface area contributed by atoms with E-state index in [1.165, 1.54) is 11.2 Å². The van der Waals surface area contributed by atoms with Crippen LogP contribution in [0.2, 0.25) is 0 Å². The van der Waals surface area contributed by atoms with Crippen LogP contribution in [0.4, 0.5) is 4.79 Å². The normalized spacial score (nSPS) is 21.3. The van der Waals surface area contributed by atoms with E-state index >= 15 is 0 Å². The number of hydrogen-bond acceptors (Lipinski definition) is 3. The summed E-state index contributed by atoms with van der Waals surface area (Å²) >= 11 is 0. The van der Waals surface area contributed by atoms with E-state index in [0.29, 0.717) is 13.0 Å². The molecule has 1 aliphatic heterocycles. The van der Waals surface area contributed by atoms with Crippen LogP contribution in [-0.4, -0.2) is 27.3 Å². The van der Waals surface area contributed by atoms with Gasteiger partial charge in [0.2, 0.25) is 0 Å². The maximum atomic E-state index is 10.8. The van der Waals surface area contributed by atoms with Crippen LogP contribution in [0.25, 0.3) is 0 Å². The third-order valence-electron chi connectivity index (χ3n) is 2.34. The molecule has 1 N–H and O–H groups in total. The number of rotatable bonds is 0. The molecule has 1 atom stereocenters. The number of nitrogens with zero attached hydrogens (tertiary/aromatic N) is 2. The summed E-state index contributed by atoms with van der Waals surface area (Å²) in [6.07, 6.45) is 1.26. The Morgan fingerprint density at radius 2 is 2.62 bits per heavy atom. The first kappa shape index (κ1) is 8.10. The van der Waals surface area contributed by atoms with Gasteiger partial charge in [-0.1, -0.05) is 5.16 Å². The molecule has 5 nitrogen and oxygen atoms in total. The molecule has 1 amide bonds. The average molecular weight is 182 g/mol. The minimum absolute atomic E-state index is 0.0184. The third kappa shape index (κ3) is 1.26. The maximum absolute atomic E-state index is 10.8. The van der Waals surface area contributed by atoms with Gasteiger partial charge in [-0.3, -0.25) is 0 Å². The highest BCUT2D eigenvalue weighted by atomic mass is 16.5. The van der Waals surface area contributed by atoms with E-state index in [2.05, 4.69) is 5.16 Å². The van der Waals surface area contributed by atoms with E-state index in [4.69, 9.17) is 9.63 Å². The topological polar surface area (TPSA) is 66.6 Å². The first-order chi connectivity index (χ1) is 6.18. The number of hydrogen-bond donors (Lipinski definition) is 1. The van der Waals surface area contributed by atoms with Crippen LogP contribution in [0.15, 0.2) is 10.8 Å². The average Bonchev–Trinajstić information content (AvgIpc) is 2.48. The highest BCUT2D eigenvalue weighted by Crippen LogP contribution is 2.21. The van der Waals surface area contributed by atoms with Crippen LogP contribution < -0.4 is 0 Å². The van der Waals surface area contributed by atoms with E-state index in [1.807, 2.05) is 6.92 Å². The molecule has 0 unspecified atom stereocenters. The summed E-state index contributed by atoms with van der Waals surface area (Å²) in [5, 5.41) is 12.7. The fraction of sp³-hybridized carbons (Fsp3) is 0.500. The van der Waals surface area contributed by atoms with Gasteiger partial charge in [0.05, 0.1) is 12.2 Å². The van der Waals surface area contributed by atoms with Gasteiger partial charge in [-0.15, -0.1) is 0 Å². The maximum Gasteiger partial charge on any atom is 0.407 e. The number of amides is 1. The molecule has 0 bridgehead atoms. The summed E-state index contributed by atoms with van der Waals surface area (Å²) < 4.78 is 4.77. The summed E-state index contributed by atoms with van der Waals surface area (Å²) in [5.74, 6) is 0. The first-order valence-corrected chi connectivity index (χ1v) is 4.10. The van der Waals surface area contributed by atoms with Crippen molar-refractivity contribution in [2.24, 2.45) is 0 Å². The summed E-state index contributed by atoms with van der Waals surface area (Å²) in [6.45, 7) is 2.25. The van der Waals surface area contributed by atoms with Gasteiger partial charge in [-0.2, -0.15) is 0 Å². The second-order valence-corrected chi connectivity index (χ2v) is 3.25. The van der Waals surface area contributed by atoms with Gasteiger partial charge in [0.1, 0.15) is 6.26 Å². The lowest BCUT2D eigenvalue weighted by molar-refractivity contribution is 0.119. The van der Waals surface area contributed by atoms with Gasteiger partial charge in [-0.05, 0) is 6.92 Å². The van der Waals surface area contributed by atoms with Crippen molar-refractivity contribution >= 4 is 6.09 Å². The molecular formula is C8H10N2O3. The minimum atomic E-state index is -0.889. The molecule has 1 aliphatic rings. The summed E-state index contributed by atoms with van der Waals surface area (Å²) in [7, 11) is 0. The molecule has 0 saturated heterocycles. The Morgan fingerprint density at radius 3 is 3.31 bits per heavy atom. The third-order valence-corrected chi connectivity index (χ3v) is 2.34. The summed E-state index contributed by atoms with van der Waals surface area (Å²) in [4.78, 5) is 12.2. The fourth-order valence-corrected chi connectivity index (χ4v) is 1.56. The molecule has 0 spiro atoms. The highest BCUT2D eigenvalue weighted by molar-refractivity contribution is 5.66. The van der Waals surface area contributed by atoms with Crippen molar-refractivity contribution in [3.05, 3.63) is 17.5 Å². The molecular weight excluding hydrogens is 172 g/mol. The molecule has 0 aromatic carbocycles.